The second-order valence-corrected chi connectivity index (χ2v) is 11.0. The molecule has 1 N–H and O–H groups in total. The third kappa shape index (κ3) is 5.96. The van der Waals surface area contributed by atoms with E-state index < -0.39 is 10.0 Å². The monoisotopic (exact) mass is 511 g/mol. The average Bonchev–Trinajstić information content (AvgIpc) is 2.92. The van der Waals surface area contributed by atoms with E-state index in [1.54, 1.807) is 28.8 Å². The van der Waals surface area contributed by atoms with Crippen LogP contribution in [0.3, 0.4) is 0 Å². The maximum atomic E-state index is 13.1. The fourth-order valence-electron chi connectivity index (χ4n) is 4.65. The third-order valence-electron chi connectivity index (χ3n) is 6.79. The van der Waals surface area contributed by atoms with E-state index in [4.69, 9.17) is 9.47 Å². The molecule has 1 fully saturated rings. The van der Waals surface area contributed by atoms with Gasteiger partial charge < -0.3 is 14.8 Å². The minimum atomic E-state index is -3.58. The summed E-state index contributed by atoms with van der Waals surface area (Å²) in [5.41, 5.74) is 0.638. The van der Waals surface area contributed by atoms with Crippen LogP contribution in [0.5, 0.6) is 11.5 Å². The van der Waals surface area contributed by atoms with Gasteiger partial charge >= 0.3 is 0 Å². The van der Waals surface area contributed by atoms with Crippen molar-refractivity contribution in [3.05, 3.63) is 60.4 Å². The number of ether oxygens (including phenoxy) is 2. The van der Waals surface area contributed by atoms with Crippen molar-refractivity contribution in [3.63, 3.8) is 0 Å². The first-order valence-corrected chi connectivity index (χ1v) is 13.7. The van der Waals surface area contributed by atoms with Crippen LogP contribution in [0.25, 0.3) is 10.8 Å². The molecule has 2 aromatic carbocycles. The number of fused-ring (bicyclic) bond motifs is 1. The third-order valence-corrected chi connectivity index (χ3v) is 8.69. The molecule has 0 unspecified atom stereocenters. The molecule has 1 aliphatic heterocycles. The Morgan fingerprint density at radius 1 is 1.00 bits per heavy atom. The van der Waals surface area contributed by atoms with Gasteiger partial charge in [-0.1, -0.05) is 18.9 Å². The Morgan fingerprint density at radius 3 is 2.53 bits per heavy atom. The van der Waals surface area contributed by atoms with Gasteiger partial charge in [0.2, 0.25) is 10.0 Å². The van der Waals surface area contributed by atoms with Gasteiger partial charge in [0, 0.05) is 49.0 Å². The van der Waals surface area contributed by atoms with Crippen LogP contribution in [-0.4, -0.2) is 57.5 Å². The maximum Gasteiger partial charge on any atom is 0.251 e. The highest BCUT2D eigenvalue weighted by Crippen LogP contribution is 2.32. The van der Waals surface area contributed by atoms with Crippen molar-refractivity contribution in [2.75, 3.05) is 33.9 Å². The lowest BCUT2D eigenvalue weighted by Crippen LogP contribution is -2.38. The predicted molar refractivity (Wildman–Crippen MR) is 139 cm³/mol. The van der Waals surface area contributed by atoms with Gasteiger partial charge in [-0.05, 0) is 60.9 Å². The molecule has 9 heteroatoms. The number of unbranched alkanes of at least 4 members (excludes halogenated alkanes) is 1. The molecule has 192 valence electrons. The van der Waals surface area contributed by atoms with Crippen LogP contribution in [-0.2, 0) is 10.0 Å². The van der Waals surface area contributed by atoms with E-state index in [2.05, 4.69) is 10.3 Å². The summed E-state index contributed by atoms with van der Waals surface area (Å²) in [4.78, 5) is 16.8. The summed E-state index contributed by atoms with van der Waals surface area (Å²) < 4.78 is 38.2. The molecule has 4 rings (SSSR count). The van der Waals surface area contributed by atoms with Gasteiger partial charge in [-0.3, -0.25) is 9.78 Å². The molecule has 0 radical (unpaired) electrons. The number of nitrogens with one attached hydrogen (secondary N) is 1. The number of carbonyl (C=O) groups excluding carboxylic acids is 1. The standard InChI is InChI=1S/C27H33N3O5S/c1-34-25-9-8-24(18-26(25)35-2)36(32,33)30-15-11-20(12-16-30)5-3-4-13-29-27(31)22-7-6-21-10-14-28-19-23(21)17-22/h6-10,14,17-20H,3-5,11-13,15-16H2,1-2H3,(H,29,31). The van der Waals surface area contributed by atoms with Crippen molar-refractivity contribution in [1.82, 2.24) is 14.6 Å². The van der Waals surface area contributed by atoms with E-state index in [-0.39, 0.29) is 10.8 Å². The molecule has 3 aromatic rings. The van der Waals surface area contributed by atoms with Crippen LogP contribution in [0.4, 0.5) is 0 Å². The number of pyridine rings is 1. The van der Waals surface area contributed by atoms with Crippen LogP contribution in [0.15, 0.2) is 59.8 Å². The Labute approximate surface area is 212 Å². The molecule has 2 heterocycles. The lowest BCUT2D eigenvalue weighted by atomic mass is 9.92. The van der Waals surface area contributed by atoms with E-state index in [1.165, 1.54) is 20.3 Å². The molecule has 0 aliphatic carbocycles. The summed E-state index contributed by atoms with van der Waals surface area (Å²) in [6, 6.07) is 12.3. The highest BCUT2D eigenvalue weighted by molar-refractivity contribution is 7.89. The Morgan fingerprint density at radius 2 is 1.78 bits per heavy atom. The second kappa shape index (κ2) is 11.7. The molecular weight excluding hydrogens is 478 g/mol. The number of nitrogens with zero attached hydrogens (tertiary/aromatic N) is 2. The minimum absolute atomic E-state index is 0.0746. The topological polar surface area (TPSA) is 97.8 Å². The van der Waals surface area contributed by atoms with E-state index >= 15 is 0 Å². The zero-order chi connectivity index (χ0) is 25.5. The first-order valence-electron chi connectivity index (χ1n) is 12.3. The Hall–Kier alpha value is -3.17. The SMILES string of the molecule is COc1ccc(S(=O)(=O)N2CCC(CCCCNC(=O)c3ccc4ccncc4c3)CC2)cc1OC. The van der Waals surface area contributed by atoms with E-state index in [9.17, 15) is 13.2 Å². The molecule has 0 bridgehead atoms. The Kier molecular flexibility index (Phi) is 8.43. The fraction of sp³-hybridized carbons (Fsp3) is 0.407. The largest absolute Gasteiger partial charge is 0.493 e. The first-order chi connectivity index (χ1) is 17.4. The summed E-state index contributed by atoms with van der Waals surface area (Å²) >= 11 is 0. The molecule has 0 saturated carbocycles. The van der Waals surface area contributed by atoms with Crippen molar-refractivity contribution in [2.24, 2.45) is 5.92 Å². The number of sulfonamides is 1. The fourth-order valence-corrected chi connectivity index (χ4v) is 6.14. The van der Waals surface area contributed by atoms with E-state index in [0.29, 0.717) is 42.6 Å². The smallest absolute Gasteiger partial charge is 0.251 e. The first kappa shape index (κ1) is 25.9. The summed E-state index contributed by atoms with van der Waals surface area (Å²) in [6.45, 7) is 1.64. The van der Waals surface area contributed by atoms with Gasteiger partial charge in [-0.2, -0.15) is 4.31 Å². The van der Waals surface area contributed by atoms with Crippen molar-refractivity contribution in [2.45, 2.75) is 37.0 Å². The zero-order valence-electron chi connectivity index (χ0n) is 20.8. The normalized spacial score (nSPS) is 15.1. The quantitative estimate of drug-likeness (QED) is 0.409. The molecule has 0 spiro atoms. The lowest BCUT2D eigenvalue weighted by molar-refractivity contribution is 0.0953. The molecule has 0 atom stereocenters. The number of carbonyl (C=O) groups is 1. The molecule has 8 nitrogen and oxygen atoms in total. The van der Waals surface area contributed by atoms with Gasteiger partial charge in [-0.15, -0.1) is 0 Å². The molecule has 1 aliphatic rings. The van der Waals surface area contributed by atoms with Crippen molar-refractivity contribution >= 4 is 26.7 Å². The summed E-state index contributed by atoms with van der Waals surface area (Å²) in [5, 5.41) is 5.01. The molecule has 36 heavy (non-hydrogen) atoms. The highest BCUT2D eigenvalue weighted by atomic mass is 32.2. The van der Waals surface area contributed by atoms with Crippen LogP contribution >= 0.6 is 0 Å². The van der Waals surface area contributed by atoms with Gasteiger partial charge in [0.05, 0.1) is 19.1 Å². The van der Waals surface area contributed by atoms with Gasteiger partial charge in [-0.25, -0.2) is 8.42 Å². The summed E-state index contributed by atoms with van der Waals surface area (Å²) in [6.07, 6.45) is 8.09. The minimum Gasteiger partial charge on any atom is -0.493 e. The van der Waals surface area contributed by atoms with Crippen molar-refractivity contribution in [1.29, 1.82) is 0 Å². The van der Waals surface area contributed by atoms with Crippen molar-refractivity contribution in [3.8, 4) is 11.5 Å². The number of methoxy groups -OCH3 is 2. The van der Waals surface area contributed by atoms with Crippen LogP contribution in [0.1, 0.15) is 42.5 Å². The van der Waals surface area contributed by atoms with Gasteiger partial charge in [0.25, 0.3) is 5.91 Å². The van der Waals surface area contributed by atoms with Crippen LogP contribution < -0.4 is 14.8 Å². The molecule has 1 saturated heterocycles. The average molecular weight is 512 g/mol. The Balaban J connectivity index is 1.19. The van der Waals surface area contributed by atoms with Crippen LogP contribution in [0.2, 0.25) is 0 Å². The molecule has 1 aromatic heterocycles. The summed E-state index contributed by atoms with van der Waals surface area (Å²) in [7, 11) is -0.562. The number of rotatable bonds is 10. The van der Waals surface area contributed by atoms with Gasteiger partial charge in [0.1, 0.15) is 0 Å². The number of hydrogen-bond acceptors (Lipinski definition) is 6. The predicted octanol–water partition coefficient (Wildman–Crippen LogP) is 4.25. The second-order valence-electron chi connectivity index (χ2n) is 9.05. The highest BCUT2D eigenvalue weighted by Gasteiger charge is 2.30. The van der Waals surface area contributed by atoms with E-state index in [1.807, 2.05) is 24.3 Å². The number of aromatic nitrogens is 1. The Bertz CT molecular complexity index is 1300. The molecular formula is C27H33N3O5S. The zero-order valence-corrected chi connectivity index (χ0v) is 21.6. The van der Waals surface area contributed by atoms with Crippen molar-refractivity contribution < 1.29 is 22.7 Å². The van der Waals surface area contributed by atoms with Crippen LogP contribution in [0, 0.1) is 5.92 Å². The number of hydrogen-bond donors (Lipinski definition) is 1. The summed E-state index contributed by atoms with van der Waals surface area (Å²) in [5.74, 6) is 1.32. The lowest BCUT2D eigenvalue weighted by Gasteiger charge is -2.31. The molecule has 1 amide bonds. The number of amides is 1. The maximum absolute atomic E-state index is 13.1. The van der Waals surface area contributed by atoms with Gasteiger partial charge in [0.15, 0.2) is 11.5 Å². The number of piperidine rings is 1. The number of benzene rings is 2. The van der Waals surface area contributed by atoms with E-state index in [0.717, 1.165) is 42.9 Å².